The molecule has 0 aliphatic heterocycles. The van der Waals surface area contributed by atoms with Gasteiger partial charge in [-0.15, -0.1) is 11.8 Å². The Kier molecular flexibility index (Phi) is 5.54. The fourth-order valence-corrected chi connectivity index (χ4v) is 3.48. The Hall–Kier alpha value is -2.27. The van der Waals surface area contributed by atoms with Gasteiger partial charge in [0.15, 0.2) is 0 Å². The van der Waals surface area contributed by atoms with Crippen LogP contribution >= 0.6 is 11.8 Å². The second kappa shape index (κ2) is 8.02. The molecule has 4 nitrogen and oxygen atoms in total. The lowest BCUT2D eigenvalue weighted by Crippen LogP contribution is -2.25. The van der Waals surface area contributed by atoms with Gasteiger partial charge in [-0.1, -0.05) is 19.1 Å². The van der Waals surface area contributed by atoms with Gasteiger partial charge in [0.05, 0.1) is 5.56 Å². The summed E-state index contributed by atoms with van der Waals surface area (Å²) in [6.07, 6.45) is 4.73. The van der Waals surface area contributed by atoms with Crippen LogP contribution in [0.25, 0.3) is 11.0 Å². The summed E-state index contributed by atoms with van der Waals surface area (Å²) in [6.45, 7) is 3.58. The van der Waals surface area contributed by atoms with Crippen LogP contribution in [0.15, 0.2) is 59.8 Å². The van der Waals surface area contributed by atoms with Crippen LogP contribution in [0, 0.1) is 0 Å². The molecule has 0 saturated heterocycles. The maximum absolute atomic E-state index is 12.4. The summed E-state index contributed by atoms with van der Waals surface area (Å²) in [5.41, 5.74) is 1.76. The van der Waals surface area contributed by atoms with E-state index in [2.05, 4.69) is 33.9 Å². The Morgan fingerprint density at radius 1 is 1.21 bits per heavy atom. The molecule has 24 heavy (non-hydrogen) atoms. The van der Waals surface area contributed by atoms with Crippen LogP contribution in [0.2, 0.25) is 0 Å². The quantitative estimate of drug-likeness (QED) is 0.523. The first kappa shape index (κ1) is 16.6. The summed E-state index contributed by atoms with van der Waals surface area (Å²) in [5.74, 6) is 0.958. The molecule has 1 aromatic carbocycles. The number of rotatable bonds is 7. The van der Waals surface area contributed by atoms with Gasteiger partial charge in [0.2, 0.25) is 0 Å². The van der Waals surface area contributed by atoms with Gasteiger partial charge in [0.25, 0.3) is 5.91 Å². The van der Waals surface area contributed by atoms with Crippen molar-refractivity contribution in [2.24, 2.45) is 0 Å². The van der Waals surface area contributed by atoms with Crippen molar-refractivity contribution >= 4 is 28.7 Å². The van der Waals surface area contributed by atoms with Gasteiger partial charge in [-0.25, -0.2) is 4.98 Å². The van der Waals surface area contributed by atoms with Crippen molar-refractivity contribution in [2.75, 3.05) is 12.3 Å². The molecule has 0 spiro atoms. The standard InChI is InChI=1S/C19H21N3OS/c1-2-24-17-9-4-3-8-16(17)19(23)21-12-6-13-22-14-10-15-7-5-11-20-18(15)22/h3-5,7-11,14H,2,6,12-13H2,1H3,(H,21,23). The summed E-state index contributed by atoms with van der Waals surface area (Å²) < 4.78 is 2.13. The Labute approximate surface area is 146 Å². The predicted molar refractivity (Wildman–Crippen MR) is 99.5 cm³/mol. The molecule has 0 fully saturated rings. The van der Waals surface area contributed by atoms with E-state index in [-0.39, 0.29) is 5.91 Å². The summed E-state index contributed by atoms with van der Waals surface area (Å²) >= 11 is 1.70. The number of fused-ring (bicyclic) bond motifs is 1. The highest BCUT2D eigenvalue weighted by atomic mass is 32.2. The van der Waals surface area contributed by atoms with Gasteiger partial charge in [-0.2, -0.15) is 0 Å². The van der Waals surface area contributed by atoms with Crippen LogP contribution in [-0.2, 0) is 6.54 Å². The van der Waals surface area contributed by atoms with E-state index in [0.29, 0.717) is 6.54 Å². The van der Waals surface area contributed by atoms with Crippen LogP contribution in [-0.4, -0.2) is 27.8 Å². The number of nitrogens with one attached hydrogen (secondary N) is 1. The molecule has 0 bridgehead atoms. The molecule has 0 atom stereocenters. The summed E-state index contributed by atoms with van der Waals surface area (Å²) in [5, 5.41) is 4.17. The Bertz CT molecular complexity index is 828. The zero-order chi connectivity index (χ0) is 16.8. The summed E-state index contributed by atoms with van der Waals surface area (Å²) in [4.78, 5) is 17.8. The SMILES string of the molecule is CCSc1ccccc1C(=O)NCCCn1ccc2cccnc21. The normalized spacial score (nSPS) is 10.9. The average Bonchev–Trinajstić information content (AvgIpc) is 3.02. The molecule has 0 radical (unpaired) electrons. The molecule has 0 aliphatic rings. The molecule has 3 rings (SSSR count). The van der Waals surface area contributed by atoms with Crippen LogP contribution in [0.4, 0.5) is 0 Å². The minimum atomic E-state index is 0.00189. The van der Waals surface area contributed by atoms with E-state index in [0.717, 1.165) is 40.2 Å². The zero-order valence-electron chi connectivity index (χ0n) is 13.7. The molecule has 0 unspecified atom stereocenters. The smallest absolute Gasteiger partial charge is 0.252 e. The van der Waals surface area contributed by atoms with Crippen LogP contribution in [0.5, 0.6) is 0 Å². The number of amides is 1. The van der Waals surface area contributed by atoms with Crippen molar-refractivity contribution in [1.82, 2.24) is 14.9 Å². The first-order valence-electron chi connectivity index (χ1n) is 8.19. The fraction of sp³-hybridized carbons (Fsp3) is 0.263. The Morgan fingerprint density at radius 2 is 2.08 bits per heavy atom. The van der Waals surface area contributed by atoms with E-state index < -0.39 is 0 Å². The topological polar surface area (TPSA) is 46.9 Å². The Balaban J connectivity index is 1.54. The number of carbonyl (C=O) groups is 1. The third-order valence-electron chi connectivity index (χ3n) is 3.82. The molecular formula is C19H21N3OS. The van der Waals surface area contributed by atoms with Gasteiger partial charge in [0, 0.05) is 35.8 Å². The van der Waals surface area contributed by atoms with Gasteiger partial charge < -0.3 is 9.88 Å². The number of aryl methyl sites for hydroxylation is 1. The Morgan fingerprint density at radius 3 is 2.96 bits per heavy atom. The van der Waals surface area contributed by atoms with Crippen LogP contribution in [0.3, 0.4) is 0 Å². The number of hydrogen-bond acceptors (Lipinski definition) is 3. The highest BCUT2D eigenvalue weighted by molar-refractivity contribution is 7.99. The van der Waals surface area contributed by atoms with Gasteiger partial charge in [0.1, 0.15) is 5.65 Å². The average molecular weight is 339 g/mol. The zero-order valence-corrected chi connectivity index (χ0v) is 14.6. The minimum Gasteiger partial charge on any atom is -0.352 e. The molecule has 3 aromatic rings. The van der Waals surface area contributed by atoms with Crippen molar-refractivity contribution in [2.45, 2.75) is 24.8 Å². The van der Waals surface area contributed by atoms with Gasteiger partial charge in [-0.05, 0) is 42.5 Å². The molecule has 5 heteroatoms. The van der Waals surface area contributed by atoms with E-state index >= 15 is 0 Å². The number of thioether (sulfide) groups is 1. The lowest BCUT2D eigenvalue weighted by Gasteiger charge is -2.10. The van der Waals surface area contributed by atoms with Crippen molar-refractivity contribution < 1.29 is 4.79 Å². The summed E-state index contributed by atoms with van der Waals surface area (Å²) in [6, 6.07) is 13.8. The van der Waals surface area contributed by atoms with Gasteiger partial charge >= 0.3 is 0 Å². The van der Waals surface area contributed by atoms with E-state index in [1.54, 1.807) is 11.8 Å². The summed E-state index contributed by atoms with van der Waals surface area (Å²) in [7, 11) is 0. The molecule has 0 aliphatic carbocycles. The number of hydrogen-bond donors (Lipinski definition) is 1. The molecule has 1 amide bonds. The molecule has 2 aromatic heterocycles. The maximum atomic E-state index is 12.4. The first-order chi connectivity index (χ1) is 11.8. The van der Waals surface area contributed by atoms with E-state index in [1.807, 2.05) is 42.7 Å². The molecule has 124 valence electrons. The van der Waals surface area contributed by atoms with E-state index in [9.17, 15) is 4.79 Å². The number of benzene rings is 1. The fourth-order valence-electron chi connectivity index (χ4n) is 2.68. The maximum Gasteiger partial charge on any atom is 0.252 e. The third-order valence-corrected chi connectivity index (χ3v) is 4.77. The van der Waals surface area contributed by atoms with E-state index in [1.165, 1.54) is 0 Å². The largest absolute Gasteiger partial charge is 0.352 e. The second-order valence-corrected chi connectivity index (χ2v) is 6.77. The minimum absolute atomic E-state index is 0.00189. The van der Waals surface area contributed by atoms with Crippen LogP contribution in [0.1, 0.15) is 23.7 Å². The van der Waals surface area contributed by atoms with Gasteiger partial charge in [-0.3, -0.25) is 4.79 Å². The van der Waals surface area contributed by atoms with Crippen LogP contribution < -0.4 is 5.32 Å². The highest BCUT2D eigenvalue weighted by Gasteiger charge is 2.10. The van der Waals surface area contributed by atoms with E-state index in [4.69, 9.17) is 0 Å². The van der Waals surface area contributed by atoms with Crippen molar-refractivity contribution in [3.8, 4) is 0 Å². The van der Waals surface area contributed by atoms with Crippen molar-refractivity contribution in [3.63, 3.8) is 0 Å². The second-order valence-electron chi connectivity index (χ2n) is 5.46. The molecule has 2 heterocycles. The monoisotopic (exact) mass is 339 g/mol. The van der Waals surface area contributed by atoms with Crippen molar-refractivity contribution in [3.05, 3.63) is 60.4 Å². The molecular weight excluding hydrogens is 318 g/mol. The number of aromatic nitrogens is 2. The van der Waals surface area contributed by atoms with Crippen molar-refractivity contribution in [1.29, 1.82) is 0 Å². The highest BCUT2D eigenvalue weighted by Crippen LogP contribution is 2.22. The third kappa shape index (κ3) is 3.79. The predicted octanol–water partition coefficient (Wildman–Crippen LogP) is 3.97. The molecule has 0 saturated carbocycles. The number of carbonyl (C=O) groups excluding carboxylic acids is 1. The number of pyridine rings is 1. The lowest BCUT2D eigenvalue weighted by molar-refractivity contribution is 0.0950. The first-order valence-corrected chi connectivity index (χ1v) is 9.18. The number of nitrogens with zero attached hydrogens (tertiary/aromatic N) is 2. The molecule has 1 N–H and O–H groups in total. The lowest BCUT2D eigenvalue weighted by atomic mass is 10.2.